The van der Waals surface area contributed by atoms with Crippen molar-refractivity contribution in [3.8, 4) is 0 Å². The molecule has 0 saturated carbocycles. The molecule has 20 heavy (non-hydrogen) atoms. The zero-order valence-corrected chi connectivity index (χ0v) is 13.3. The summed E-state index contributed by atoms with van der Waals surface area (Å²) in [6, 6.07) is 7.85. The molecule has 1 amide bonds. The monoisotopic (exact) mass is 294 g/mol. The minimum atomic E-state index is -0.136. The lowest BCUT2D eigenvalue weighted by Gasteiger charge is -2.35. The molecule has 0 bridgehead atoms. The van der Waals surface area contributed by atoms with E-state index in [2.05, 4.69) is 26.1 Å². The number of nitrogens with one attached hydrogen (secondary N) is 1. The van der Waals surface area contributed by atoms with Crippen molar-refractivity contribution in [3.05, 3.63) is 34.9 Å². The van der Waals surface area contributed by atoms with Gasteiger partial charge in [0, 0.05) is 11.1 Å². The van der Waals surface area contributed by atoms with Gasteiger partial charge >= 0.3 is 0 Å². The van der Waals surface area contributed by atoms with Gasteiger partial charge in [-0.1, -0.05) is 44.5 Å². The molecule has 1 aromatic carbocycles. The molecule has 3 unspecified atom stereocenters. The van der Waals surface area contributed by atoms with Crippen molar-refractivity contribution in [2.24, 2.45) is 5.92 Å². The van der Waals surface area contributed by atoms with Gasteiger partial charge in [-0.25, -0.2) is 0 Å². The molecule has 3 atom stereocenters. The van der Waals surface area contributed by atoms with Gasteiger partial charge in [0.15, 0.2) is 0 Å². The van der Waals surface area contributed by atoms with Crippen LogP contribution < -0.4 is 5.32 Å². The van der Waals surface area contributed by atoms with Crippen LogP contribution in [-0.4, -0.2) is 22.9 Å². The summed E-state index contributed by atoms with van der Waals surface area (Å²) in [5.41, 5.74) is 1.09. The lowest BCUT2D eigenvalue weighted by molar-refractivity contribution is -0.133. The fraction of sp³-hybridized carbons (Fsp3) is 0.562. The van der Waals surface area contributed by atoms with Crippen LogP contribution >= 0.6 is 11.6 Å². The van der Waals surface area contributed by atoms with Gasteiger partial charge in [-0.2, -0.15) is 0 Å². The minimum Gasteiger partial charge on any atom is -0.318 e. The summed E-state index contributed by atoms with van der Waals surface area (Å²) in [6.07, 6.45) is 0.907. The van der Waals surface area contributed by atoms with Crippen molar-refractivity contribution < 1.29 is 4.79 Å². The third-order valence-corrected chi connectivity index (χ3v) is 4.29. The van der Waals surface area contributed by atoms with E-state index in [-0.39, 0.29) is 24.2 Å². The zero-order chi connectivity index (χ0) is 14.9. The van der Waals surface area contributed by atoms with E-state index in [0.29, 0.717) is 10.9 Å². The number of nitrogens with zero attached hydrogens (tertiary/aromatic N) is 1. The van der Waals surface area contributed by atoms with E-state index in [9.17, 15) is 4.79 Å². The first-order valence-corrected chi connectivity index (χ1v) is 7.67. The predicted molar refractivity (Wildman–Crippen MR) is 82.6 cm³/mol. The number of carbonyl (C=O) groups is 1. The molecule has 1 aliphatic heterocycles. The molecule has 1 heterocycles. The SMILES string of the molecule is CCC(C(C)C)N1C(=O)C(C)NC1c1ccc(Cl)cc1. The van der Waals surface area contributed by atoms with Crippen LogP contribution in [0.5, 0.6) is 0 Å². The van der Waals surface area contributed by atoms with Crippen LogP contribution in [0.25, 0.3) is 0 Å². The van der Waals surface area contributed by atoms with E-state index < -0.39 is 0 Å². The van der Waals surface area contributed by atoms with Gasteiger partial charge in [0.25, 0.3) is 0 Å². The Hall–Kier alpha value is -1.06. The standard InChI is InChI=1S/C16H23ClN2O/c1-5-14(10(2)3)19-15(18-11(4)16(19)20)12-6-8-13(17)9-7-12/h6-11,14-15,18H,5H2,1-4H3. The highest BCUT2D eigenvalue weighted by Crippen LogP contribution is 2.31. The van der Waals surface area contributed by atoms with Crippen molar-refractivity contribution in [3.63, 3.8) is 0 Å². The quantitative estimate of drug-likeness (QED) is 0.920. The molecular formula is C16H23ClN2O. The smallest absolute Gasteiger partial charge is 0.241 e. The maximum absolute atomic E-state index is 12.5. The Kier molecular flexibility index (Phi) is 4.71. The lowest BCUT2D eigenvalue weighted by atomic mass is 9.98. The Morgan fingerprint density at radius 1 is 1.30 bits per heavy atom. The summed E-state index contributed by atoms with van der Waals surface area (Å²) in [4.78, 5) is 14.5. The Balaban J connectivity index is 2.34. The molecule has 0 radical (unpaired) electrons. The van der Waals surface area contributed by atoms with Gasteiger partial charge in [-0.05, 0) is 37.0 Å². The molecular weight excluding hydrogens is 272 g/mol. The Bertz CT molecular complexity index is 472. The number of hydrogen-bond acceptors (Lipinski definition) is 2. The molecule has 2 rings (SSSR count). The van der Waals surface area contributed by atoms with Gasteiger partial charge < -0.3 is 4.90 Å². The highest BCUT2D eigenvalue weighted by Gasteiger charge is 2.41. The van der Waals surface area contributed by atoms with Gasteiger partial charge in [0.2, 0.25) is 5.91 Å². The van der Waals surface area contributed by atoms with Gasteiger partial charge in [0.05, 0.1) is 6.04 Å². The number of rotatable bonds is 4. The first kappa shape index (κ1) is 15.3. The number of hydrogen-bond donors (Lipinski definition) is 1. The first-order chi connectivity index (χ1) is 9.45. The van der Waals surface area contributed by atoms with Crippen LogP contribution in [0.2, 0.25) is 5.02 Å². The van der Waals surface area contributed by atoms with Crippen LogP contribution in [0, 0.1) is 5.92 Å². The van der Waals surface area contributed by atoms with Crippen LogP contribution in [0.3, 0.4) is 0 Å². The largest absolute Gasteiger partial charge is 0.318 e. The summed E-state index contributed by atoms with van der Waals surface area (Å²) < 4.78 is 0. The van der Waals surface area contributed by atoms with Gasteiger partial charge in [0.1, 0.15) is 6.17 Å². The molecule has 1 saturated heterocycles. The van der Waals surface area contributed by atoms with Crippen LogP contribution in [-0.2, 0) is 4.79 Å². The van der Waals surface area contributed by atoms with E-state index in [0.717, 1.165) is 12.0 Å². The fourth-order valence-corrected chi connectivity index (χ4v) is 3.11. The number of amides is 1. The van der Waals surface area contributed by atoms with Crippen molar-refractivity contribution in [2.45, 2.75) is 52.4 Å². The van der Waals surface area contributed by atoms with Gasteiger partial charge in [-0.3, -0.25) is 10.1 Å². The highest BCUT2D eigenvalue weighted by atomic mass is 35.5. The van der Waals surface area contributed by atoms with Crippen LogP contribution in [0.1, 0.15) is 45.8 Å². The van der Waals surface area contributed by atoms with E-state index in [1.807, 2.05) is 36.1 Å². The third-order valence-electron chi connectivity index (χ3n) is 4.04. The van der Waals surface area contributed by atoms with Gasteiger partial charge in [-0.15, -0.1) is 0 Å². The Morgan fingerprint density at radius 2 is 1.90 bits per heavy atom. The van der Waals surface area contributed by atoms with E-state index in [4.69, 9.17) is 11.6 Å². The topological polar surface area (TPSA) is 32.3 Å². The average molecular weight is 295 g/mol. The second-order valence-electron chi connectivity index (χ2n) is 5.81. The molecule has 4 heteroatoms. The van der Waals surface area contributed by atoms with E-state index >= 15 is 0 Å². The third kappa shape index (κ3) is 2.84. The second kappa shape index (κ2) is 6.15. The maximum Gasteiger partial charge on any atom is 0.241 e. The molecule has 1 aromatic rings. The van der Waals surface area contributed by atoms with Crippen molar-refractivity contribution in [1.82, 2.24) is 10.2 Å². The number of halogens is 1. The number of benzene rings is 1. The number of carbonyl (C=O) groups excluding carboxylic acids is 1. The Labute approximate surface area is 126 Å². The van der Waals surface area contributed by atoms with E-state index in [1.165, 1.54) is 0 Å². The molecule has 0 spiro atoms. The zero-order valence-electron chi connectivity index (χ0n) is 12.6. The average Bonchev–Trinajstić information content (AvgIpc) is 2.69. The molecule has 1 aliphatic rings. The summed E-state index contributed by atoms with van der Waals surface area (Å²) in [5.74, 6) is 0.622. The first-order valence-electron chi connectivity index (χ1n) is 7.29. The van der Waals surface area contributed by atoms with Crippen molar-refractivity contribution in [1.29, 1.82) is 0 Å². The van der Waals surface area contributed by atoms with Crippen LogP contribution in [0.15, 0.2) is 24.3 Å². The van der Waals surface area contributed by atoms with E-state index in [1.54, 1.807) is 0 Å². The molecule has 3 nitrogen and oxygen atoms in total. The normalized spacial score (nSPS) is 24.5. The molecule has 0 aromatic heterocycles. The second-order valence-corrected chi connectivity index (χ2v) is 6.24. The Morgan fingerprint density at radius 3 is 2.40 bits per heavy atom. The van der Waals surface area contributed by atoms with Crippen molar-refractivity contribution >= 4 is 17.5 Å². The summed E-state index contributed by atoms with van der Waals surface area (Å²) in [5, 5.41) is 4.11. The molecule has 110 valence electrons. The lowest BCUT2D eigenvalue weighted by Crippen LogP contribution is -2.42. The molecule has 1 fully saturated rings. The minimum absolute atomic E-state index is 0.0536. The maximum atomic E-state index is 12.5. The van der Waals surface area contributed by atoms with Crippen LogP contribution in [0.4, 0.5) is 0 Å². The summed E-state index contributed by atoms with van der Waals surface area (Å²) in [7, 11) is 0. The molecule has 1 N–H and O–H groups in total. The van der Waals surface area contributed by atoms with Crippen molar-refractivity contribution in [2.75, 3.05) is 0 Å². The highest BCUT2D eigenvalue weighted by molar-refractivity contribution is 6.30. The molecule has 0 aliphatic carbocycles. The summed E-state index contributed by atoms with van der Waals surface area (Å²) in [6.45, 7) is 8.41. The predicted octanol–water partition coefficient (Wildman–Crippen LogP) is 3.59. The fourth-order valence-electron chi connectivity index (χ4n) is 2.99. The summed E-state index contributed by atoms with van der Waals surface area (Å²) >= 11 is 5.95.